The maximum atomic E-state index is 12.2. The molecule has 1 aromatic heterocycles. The third kappa shape index (κ3) is 4.06. The van der Waals surface area contributed by atoms with E-state index < -0.39 is 11.9 Å². The summed E-state index contributed by atoms with van der Waals surface area (Å²) in [7, 11) is 1.51. The summed E-state index contributed by atoms with van der Waals surface area (Å²) in [6.45, 7) is 1.55. The van der Waals surface area contributed by atoms with Gasteiger partial charge in [0.1, 0.15) is 12.6 Å². The SMILES string of the molecule is CNC(=O)C(NC(=O)Cn1cccc(C)c1=O)c1ccccc1. The highest BCUT2D eigenvalue weighted by Crippen LogP contribution is 2.12. The molecule has 6 heteroatoms. The van der Waals surface area contributed by atoms with Gasteiger partial charge in [0.15, 0.2) is 0 Å². The second-order valence-corrected chi connectivity index (χ2v) is 5.15. The van der Waals surface area contributed by atoms with Crippen molar-refractivity contribution in [2.75, 3.05) is 7.05 Å². The van der Waals surface area contributed by atoms with Crippen LogP contribution in [0, 0.1) is 6.92 Å². The van der Waals surface area contributed by atoms with Crippen LogP contribution in [0.1, 0.15) is 17.2 Å². The first-order valence-electron chi connectivity index (χ1n) is 7.25. The minimum atomic E-state index is -0.797. The summed E-state index contributed by atoms with van der Waals surface area (Å²) in [5, 5.41) is 5.20. The Bertz CT molecular complexity index is 753. The number of hydrogen-bond donors (Lipinski definition) is 2. The summed E-state index contributed by atoms with van der Waals surface area (Å²) in [5.74, 6) is -0.726. The normalized spacial score (nSPS) is 11.6. The molecule has 1 unspecified atom stereocenters. The highest BCUT2D eigenvalue weighted by atomic mass is 16.2. The van der Waals surface area contributed by atoms with Crippen LogP contribution in [0.2, 0.25) is 0 Å². The predicted molar refractivity (Wildman–Crippen MR) is 86.8 cm³/mol. The number of pyridine rings is 1. The minimum absolute atomic E-state index is 0.138. The number of rotatable bonds is 5. The van der Waals surface area contributed by atoms with E-state index in [4.69, 9.17) is 0 Å². The van der Waals surface area contributed by atoms with Crippen molar-refractivity contribution in [1.82, 2.24) is 15.2 Å². The molecule has 2 aromatic rings. The van der Waals surface area contributed by atoms with Crippen molar-refractivity contribution in [3.8, 4) is 0 Å². The summed E-state index contributed by atoms with van der Waals surface area (Å²) >= 11 is 0. The van der Waals surface area contributed by atoms with Crippen LogP contribution in [0.3, 0.4) is 0 Å². The Morgan fingerprint density at radius 3 is 2.48 bits per heavy atom. The monoisotopic (exact) mass is 313 g/mol. The smallest absolute Gasteiger partial charge is 0.253 e. The fourth-order valence-electron chi connectivity index (χ4n) is 2.23. The van der Waals surface area contributed by atoms with Crippen molar-refractivity contribution < 1.29 is 9.59 Å². The average molecular weight is 313 g/mol. The molecule has 1 atom stereocenters. The van der Waals surface area contributed by atoms with E-state index in [0.29, 0.717) is 11.1 Å². The fraction of sp³-hybridized carbons (Fsp3) is 0.235. The lowest BCUT2D eigenvalue weighted by Gasteiger charge is -2.18. The highest BCUT2D eigenvalue weighted by Gasteiger charge is 2.21. The van der Waals surface area contributed by atoms with E-state index in [1.165, 1.54) is 11.6 Å². The maximum absolute atomic E-state index is 12.2. The number of benzene rings is 1. The number of carbonyl (C=O) groups is 2. The Kier molecular flexibility index (Phi) is 5.30. The van der Waals surface area contributed by atoms with Gasteiger partial charge in [0.05, 0.1) is 0 Å². The van der Waals surface area contributed by atoms with Crippen molar-refractivity contribution in [3.05, 3.63) is 70.1 Å². The Labute approximate surface area is 134 Å². The van der Waals surface area contributed by atoms with E-state index in [9.17, 15) is 14.4 Å². The van der Waals surface area contributed by atoms with Crippen LogP contribution in [0.25, 0.3) is 0 Å². The molecule has 0 bridgehead atoms. The molecule has 0 saturated carbocycles. The summed E-state index contributed by atoms with van der Waals surface area (Å²) in [6.07, 6.45) is 1.55. The van der Waals surface area contributed by atoms with Gasteiger partial charge in [-0.2, -0.15) is 0 Å². The summed E-state index contributed by atoms with van der Waals surface area (Å²) in [6, 6.07) is 11.5. The summed E-state index contributed by atoms with van der Waals surface area (Å²) in [4.78, 5) is 36.2. The molecule has 0 aliphatic carbocycles. The molecule has 6 nitrogen and oxygen atoms in total. The van der Waals surface area contributed by atoms with Crippen LogP contribution in [-0.4, -0.2) is 23.4 Å². The van der Waals surface area contributed by atoms with Gasteiger partial charge in [-0.3, -0.25) is 14.4 Å². The summed E-state index contributed by atoms with van der Waals surface area (Å²) < 4.78 is 1.32. The van der Waals surface area contributed by atoms with Crippen molar-refractivity contribution in [2.45, 2.75) is 19.5 Å². The number of hydrogen-bond acceptors (Lipinski definition) is 3. The molecule has 2 rings (SSSR count). The molecule has 1 heterocycles. The van der Waals surface area contributed by atoms with E-state index in [1.807, 2.05) is 6.07 Å². The van der Waals surface area contributed by atoms with Gasteiger partial charge < -0.3 is 15.2 Å². The van der Waals surface area contributed by atoms with Gasteiger partial charge in [0.25, 0.3) is 5.56 Å². The zero-order chi connectivity index (χ0) is 16.8. The molecule has 0 saturated heterocycles. The number of nitrogens with zero attached hydrogens (tertiary/aromatic N) is 1. The second kappa shape index (κ2) is 7.40. The molecule has 2 N–H and O–H groups in total. The van der Waals surface area contributed by atoms with Gasteiger partial charge in [-0.1, -0.05) is 36.4 Å². The molecular weight excluding hydrogens is 294 g/mol. The standard InChI is InChI=1S/C17H19N3O3/c1-12-7-6-10-20(17(12)23)11-14(21)19-15(16(22)18-2)13-8-4-3-5-9-13/h3-10,15H,11H2,1-2H3,(H,18,22)(H,19,21). The Morgan fingerprint density at radius 2 is 1.83 bits per heavy atom. The van der Waals surface area contributed by atoms with Crippen molar-refractivity contribution in [2.24, 2.45) is 0 Å². The third-order valence-corrected chi connectivity index (χ3v) is 3.47. The van der Waals surface area contributed by atoms with Crippen LogP contribution < -0.4 is 16.2 Å². The number of aromatic nitrogens is 1. The zero-order valence-corrected chi connectivity index (χ0v) is 13.1. The number of likely N-dealkylation sites (N-methyl/N-ethyl adjacent to an activating group) is 1. The van der Waals surface area contributed by atoms with Crippen molar-refractivity contribution in [1.29, 1.82) is 0 Å². The van der Waals surface area contributed by atoms with Gasteiger partial charge >= 0.3 is 0 Å². The van der Waals surface area contributed by atoms with Crippen molar-refractivity contribution in [3.63, 3.8) is 0 Å². The van der Waals surface area contributed by atoms with E-state index in [1.54, 1.807) is 49.5 Å². The molecule has 0 aliphatic heterocycles. The first-order chi connectivity index (χ1) is 11.0. The van der Waals surface area contributed by atoms with Crippen molar-refractivity contribution >= 4 is 11.8 Å². The summed E-state index contributed by atoms with van der Waals surface area (Å²) in [5.41, 5.74) is 1.02. The van der Waals surface area contributed by atoms with Crippen LogP contribution in [0.5, 0.6) is 0 Å². The Hall–Kier alpha value is -2.89. The Morgan fingerprint density at radius 1 is 1.13 bits per heavy atom. The maximum Gasteiger partial charge on any atom is 0.253 e. The highest BCUT2D eigenvalue weighted by molar-refractivity contribution is 5.88. The van der Waals surface area contributed by atoms with Gasteiger partial charge in [-0.15, -0.1) is 0 Å². The average Bonchev–Trinajstić information content (AvgIpc) is 2.57. The zero-order valence-electron chi connectivity index (χ0n) is 13.1. The number of carbonyl (C=O) groups excluding carboxylic acids is 2. The molecule has 0 fully saturated rings. The lowest BCUT2D eigenvalue weighted by molar-refractivity contribution is -0.129. The molecule has 0 radical (unpaired) electrons. The van der Waals surface area contributed by atoms with E-state index in [0.717, 1.165) is 0 Å². The quantitative estimate of drug-likeness (QED) is 0.855. The van der Waals surface area contributed by atoms with Gasteiger partial charge in [-0.05, 0) is 18.6 Å². The molecule has 1 aromatic carbocycles. The minimum Gasteiger partial charge on any atom is -0.357 e. The predicted octanol–water partition coefficient (Wildman–Crippen LogP) is 0.760. The van der Waals surface area contributed by atoms with Gasteiger partial charge in [-0.25, -0.2) is 0 Å². The first kappa shape index (κ1) is 16.5. The van der Waals surface area contributed by atoms with Crippen LogP contribution >= 0.6 is 0 Å². The number of amides is 2. The topological polar surface area (TPSA) is 80.2 Å². The number of aryl methyl sites for hydroxylation is 1. The Balaban J connectivity index is 2.17. The van der Waals surface area contributed by atoms with Crippen LogP contribution in [-0.2, 0) is 16.1 Å². The fourth-order valence-corrected chi connectivity index (χ4v) is 2.23. The van der Waals surface area contributed by atoms with E-state index >= 15 is 0 Å². The van der Waals surface area contributed by atoms with Crippen LogP contribution in [0.4, 0.5) is 0 Å². The number of nitrogens with one attached hydrogen (secondary N) is 2. The van der Waals surface area contributed by atoms with Gasteiger partial charge in [0, 0.05) is 18.8 Å². The molecule has 2 amide bonds. The molecule has 23 heavy (non-hydrogen) atoms. The second-order valence-electron chi connectivity index (χ2n) is 5.15. The van der Waals surface area contributed by atoms with Gasteiger partial charge in [0.2, 0.25) is 11.8 Å². The molecular formula is C17H19N3O3. The third-order valence-electron chi connectivity index (χ3n) is 3.47. The van der Waals surface area contributed by atoms with E-state index in [2.05, 4.69) is 10.6 Å². The molecule has 120 valence electrons. The molecule has 0 spiro atoms. The first-order valence-corrected chi connectivity index (χ1v) is 7.25. The van der Waals surface area contributed by atoms with E-state index in [-0.39, 0.29) is 18.0 Å². The lowest BCUT2D eigenvalue weighted by Crippen LogP contribution is -2.41. The molecule has 0 aliphatic rings. The van der Waals surface area contributed by atoms with Crippen LogP contribution in [0.15, 0.2) is 53.5 Å². The largest absolute Gasteiger partial charge is 0.357 e. The lowest BCUT2D eigenvalue weighted by atomic mass is 10.1.